The van der Waals surface area contributed by atoms with Crippen molar-refractivity contribution >= 4 is 35.0 Å². The van der Waals surface area contributed by atoms with Gasteiger partial charge < -0.3 is 19.6 Å². The second kappa shape index (κ2) is 11.7. The predicted molar refractivity (Wildman–Crippen MR) is 168 cm³/mol. The van der Waals surface area contributed by atoms with Gasteiger partial charge in [0.25, 0.3) is 11.5 Å². The number of thiazole rings is 1. The molecule has 2 aromatic heterocycles. The molecule has 5 aromatic rings. The molecule has 0 radical (unpaired) electrons. The van der Waals surface area contributed by atoms with Crippen LogP contribution >= 0.6 is 11.3 Å². The van der Waals surface area contributed by atoms with E-state index in [0.717, 1.165) is 0 Å². The number of carbonyl (C=O) groups excluding carboxylic acids is 1. The molecular formula is C34H27N3O6S. The van der Waals surface area contributed by atoms with Gasteiger partial charge in [0.1, 0.15) is 17.3 Å². The lowest BCUT2D eigenvalue weighted by atomic mass is 9.95. The molecule has 1 aliphatic rings. The Morgan fingerprint density at radius 3 is 2.55 bits per heavy atom. The largest absolute Gasteiger partial charge is 0.497 e. The molecular weight excluding hydrogens is 578 g/mol. The van der Waals surface area contributed by atoms with E-state index in [0.29, 0.717) is 60.3 Å². The minimum absolute atomic E-state index is 0.189. The molecule has 44 heavy (non-hydrogen) atoms. The highest BCUT2D eigenvalue weighted by Gasteiger charge is 2.33. The maximum absolute atomic E-state index is 14.0. The number of carboxylic acid groups (broad SMARTS) is 1. The molecule has 10 heteroatoms. The number of anilines is 1. The normalized spacial score (nSPS) is 14.6. The Morgan fingerprint density at radius 2 is 1.80 bits per heavy atom. The number of carboxylic acids is 1. The van der Waals surface area contributed by atoms with Gasteiger partial charge in [-0.1, -0.05) is 53.8 Å². The number of benzene rings is 3. The molecule has 3 heterocycles. The average molecular weight is 606 g/mol. The van der Waals surface area contributed by atoms with Gasteiger partial charge in [-0.3, -0.25) is 14.2 Å². The highest BCUT2D eigenvalue weighted by atomic mass is 32.1. The smallest absolute Gasteiger partial charge is 0.335 e. The second-order valence-corrected chi connectivity index (χ2v) is 11.2. The number of aromatic nitrogens is 1. The standard InChI is InChI=1S/C34H27N3O6S/c1-19-25(13-8-14-26(19)33(40)41)27-16-15-24(43-27)18-28-32(39)37-30(21-9-7-12-23(17-21)42-3)29(20(2)35-34(37)44-28)31(38)36-22-10-5-4-6-11-22/h4-18,30H,1-3H3,(H,36,38)(H,40,41)/b28-18-/t30-/m1/s1. The van der Waals surface area contributed by atoms with Crippen molar-refractivity contribution in [2.45, 2.75) is 19.9 Å². The Balaban J connectivity index is 1.45. The van der Waals surface area contributed by atoms with Crippen LogP contribution in [0.15, 0.2) is 110 Å². The number of aromatic carboxylic acids is 1. The fourth-order valence-corrected chi connectivity index (χ4v) is 6.32. The van der Waals surface area contributed by atoms with Crippen molar-refractivity contribution in [3.63, 3.8) is 0 Å². The van der Waals surface area contributed by atoms with Crippen LogP contribution in [0.5, 0.6) is 5.75 Å². The summed E-state index contributed by atoms with van der Waals surface area (Å²) in [5, 5.41) is 12.5. The summed E-state index contributed by atoms with van der Waals surface area (Å²) in [6.07, 6.45) is 1.63. The zero-order valence-corrected chi connectivity index (χ0v) is 24.8. The van der Waals surface area contributed by atoms with Gasteiger partial charge >= 0.3 is 5.97 Å². The van der Waals surface area contributed by atoms with Crippen molar-refractivity contribution in [2.24, 2.45) is 4.99 Å². The number of fused-ring (bicyclic) bond motifs is 1. The first-order valence-electron chi connectivity index (χ1n) is 13.7. The topological polar surface area (TPSA) is 123 Å². The number of rotatable bonds is 7. The molecule has 0 saturated heterocycles. The Morgan fingerprint density at radius 1 is 1.02 bits per heavy atom. The molecule has 1 amide bonds. The van der Waals surface area contributed by atoms with E-state index >= 15 is 0 Å². The summed E-state index contributed by atoms with van der Waals surface area (Å²) in [6, 6.07) is 24.1. The molecule has 6 rings (SSSR count). The van der Waals surface area contributed by atoms with Gasteiger partial charge in [-0.05, 0) is 67.4 Å². The van der Waals surface area contributed by atoms with Crippen molar-refractivity contribution in [2.75, 3.05) is 12.4 Å². The lowest BCUT2D eigenvalue weighted by Crippen LogP contribution is -2.40. The van der Waals surface area contributed by atoms with Crippen molar-refractivity contribution < 1.29 is 23.8 Å². The summed E-state index contributed by atoms with van der Waals surface area (Å²) in [6.45, 7) is 3.49. The zero-order valence-electron chi connectivity index (χ0n) is 24.0. The Hall–Kier alpha value is -5.48. The lowest BCUT2D eigenvalue weighted by molar-refractivity contribution is -0.113. The molecule has 9 nitrogen and oxygen atoms in total. The first-order valence-corrected chi connectivity index (χ1v) is 14.5. The van der Waals surface area contributed by atoms with Gasteiger partial charge in [0, 0.05) is 17.3 Å². The van der Waals surface area contributed by atoms with Crippen LogP contribution in [0.4, 0.5) is 5.69 Å². The molecule has 1 atom stereocenters. The van der Waals surface area contributed by atoms with Crippen LogP contribution < -0.4 is 24.9 Å². The molecule has 0 bridgehead atoms. The van der Waals surface area contributed by atoms with Gasteiger partial charge in [0.2, 0.25) is 0 Å². The summed E-state index contributed by atoms with van der Waals surface area (Å²) in [4.78, 5) is 44.5. The first-order chi connectivity index (χ1) is 21.2. The van der Waals surface area contributed by atoms with E-state index in [9.17, 15) is 19.5 Å². The molecule has 0 fully saturated rings. The SMILES string of the molecule is COc1cccc([C@@H]2C(C(=O)Nc3ccccc3)=C(C)N=c3s/c(=C\c4ccc(-c5cccc(C(=O)O)c5C)o4)c(=O)n32)c1. The third-order valence-corrected chi connectivity index (χ3v) is 8.42. The van der Waals surface area contributed by atoms with Crippen LogP contribution in [-0.2, 0) is 4.79 Å². The third kappa shape index (κ3) is 5.27. The minimum Gasteiger partial charge on any atom is -0.497 e. The van der Waals surface area contributed by atoms with E-state index in [1.54, 1.807) is 75.6 Å². The molecule has 3 aromatic carbocycles. The number of hydrogen-bond acceptors (Lipinski definition) is 7. The highest BCUT2D eigenvalue weighted by molar-refractivity contribution is 7.07. The van der Waals surface area contributed by atoms with Gasteiger partial charge in [-0.2, -0.15) is 0 Å². The predicted octanol–water partition coefficient (Wildman–Crippen LogP) is 5.15. The molecule has 0 saturated carbocycles. The van der Waals surface area contributed by atoms with E-state index in [2.05, 4.69) is 10.3 Å². The maximum atomic E-state index is 14.0. The van der Waals surface area contributed by atoms with E-state index in [1.165, 1.54) is 15.9 Å². The number of carbonyl (C=O) groups is 2. The minimum atomic E-state index is -1.02. The molecule has 0 unspecified atom stereocenters. The van der Waals surface area contributed by atoms with Crippen molar-refractivity contribution in [1.82, 2.24) is 4.57 Å². The number of hydrogen-bond donors (Lipinski definition) is 2. The highest BCUT2D eigenvalue weighted by Crippen LogP contribution is 2.33. The number of methoxy groups -OCH3 is 1. The van der Waals surface area contributed by atoms with Gasteiger partial charge in [0.15, 0.2) is 4.80 Å². The zero-order chi connectivity index (χ0) is 31.0. The Kier molecular flexibility index (Phi) is 7.59. The first kappa shape index (κ1) is 28.6. The van der Waals surface area contributed by atoms with Gasteiger partial charge in [-0.15, -0.1) is 0 Å². The number of nitrogens with one attached hydrogen (secondary N) is 1. The Bertz CT molecular complexity index is 2140. The quantitative estimate of drug-likeness (QED) is 0.265. The van der Waals surface area contributed by atoms with E-state index in [1.807, 2.05) is 36.4 Å². The summed E-state index contributed by atoms with van der Waals surface area (Å²) < 4.78 is 13.4. The molecule has 0 spiro atoms. The number of nitrogens with zero attached hydrogens (tertiary/aromatic N) is 2. The number of allylic oxidation sites excluding steroid dienone is 1. The Labute approximate surface area is 255 Å². The van der Waals surface area contributed by atoms with Crippen LogP contribution in [0, 0.1) is 6.92 Å². The summed E-state index contributed by atoms with van der Waals surface area (Å²) in [5.74, 6) is 0.104. The average Bonchev–Trinajstić information content (AvgIpc) is 3.60. The van der Waals surface area contributed by atoms with Crippen molar-refractivity contribution in [3.05, 3.63) is 138 Å². The second-order valence-electron chi connectivity index (χ2n) is 10.2. The third-order valence-electron chi connectivity index (χ3n) is 7.44. The van der Waals surface area contributed by atoms with Crippen LogP contribution in [0.1, 0.15) is 40.2 Å². The molecule has 0 aliphatic carbocycles. The van der Waals surface area contributed by atoms with Gasteiger partial charge in [-0.25, -0.2) is 9.79 Å². The summed E-state index contributed by atoms with van der Waals surface area (Å²) in [5.41, 5.74) is 3.23. The monoisotopic (exact) mass is 605 g/mol. The van der Waals surface area contributed by atoms with Crippen molar-refractivity contribution in [1.29, 1.82) is 0 Å². The van der Waals surface area contributed by atoms with Crippen LogP contribution in [0.25, 0.3) is 17.4 Å². The van der Waals surface area contributed by atoms with E-state index < -0.39 is 12.0 Å². The van der Waals surface area contributed by atoms with Crippen LogP contribution in [0.2, 0.25) is 0 Å². The van der Waals surface area contributed by atoms with Crippen LogP contribution in [-0.4, -0.2) is 28.7 Å². The molecule has 1 aliphatic heterocycles. The van der Waals surface area contributed by atoms with E-state index in [4.69, 9.17) is 9.15 Å². The number of furan rings is 1. The lowest BCUT2D eigenvalue weighted by Gasteiger charge is -2.25. The van der Waals surface area contributed by atoms with E-state index in [-0.39, 0.29) is 17.0 Å². The number of para-hydroxylation sites is 1. The fraction of sp³-hybridized carbons (Fsp3) is 0.118. The van der Waals surface area contributed by atoms with Gasteiger partial charge in [0.05, 0.1) is 34.5 Å². The number of amides is 1. The fourth-order valence-electron chi connectivity index (χ4n) is 5.30. The summed E-state index contributed by atoms with van der Waals surface area (Å²) in [7, 11) is 1.56. The molecule has 2 N–H and O–H groups in total. The summed E-state index contributed by atoms with van der Waals surface area (Å²) >= 11 is 1.19. The molecule has 220 valence electrons. The maximum Gasteiger partial charge on any atom is 0.335 e. The number of ether oxygens (including phenoxy) is 1. The van der Waals surface area contributed by atoms with Crippen molar-refractivity contribution in [3.8, 4) is 17.1 Å². The van der Waals surface area contributed by atoms with Crippen LogP contribution in [0.3, 0.4) is 0 Å².